The van der Waals surface area contributed by atoms with Gasteiger partial charge in [-0.25, -0.2) is 21.7 Å². The Morgan fingerprint density at radius 1 is 0.906 bits per heavy atom. The number of nitrogens with one attached hydrogen (secondary N) is 6. The summed E-state index contributed by atoms with van der Waals surface area (Å²) < 4.78 is 25.1. The van der Waals surface area contributed by atoms with Crippen molar-refractivity contribution < 1.29 is 23.7 Å². The van der Waals surface area contributed by atoms with Gasteiger partial charge in [0.1, 0.15) is 12.3 Å². The Kier molecular flexibility index (Phi) is 14.6. The Hall–Kier alpha value is -1.46. The van der Waals surface area contributed by atoms with Gasteiger partial charge in [-0.05, 0) is 127 Å². The lowest BCUT2D eigenvalue weighted by Crippen LogP contribution is -2.64. The number of ether oxygens (including phenoxy) is 4. The molecular weight excluding hydrogens is 829 g/mol. The molecule has 13 atom stereocenters. The molecule has 12 unspecified atom stereocenters. The van der Waals surface area contributed by atoms with E-state index in [0.717, 1.165) is 103 Å². The Bertz CT molecular complexity index is 1640. The van der Waals surface area contributed by atoms with Crippen LogP contribution in [0.2, 0.25) is 0 Å². The van der Waals surface area contributed by atoms with Gasteiger partial charge in [0, 0.05) is 62.5 Å². The molecule has 1 amide bonds. The summed E-state index contributed by atoms with van der Waals surface area (Å²) in [4.78, 5) is 24.4. The van der Waals surface area contributed by atoms with Crippen molar-refractivity contribution in [3.63, 3.8) is 0 Å². The third kappa shape index (κ3) is 9.86. The van der Waals surface area contributed by atoms with Gasteiger partial charge in [-0.3, -0.25) is 24.9 Å². The van der Waals surface area contributed by atoms with Crippen molar-refractivity contribution in [2.24, 2.45) is 34.1 Å². The Balaban J connectivity index is 0.633. The zero-order valence-electron chi connectivity index (χ0n) is 39.2. The molecule has 64 heavy (non-hydrogen) atoms. The summed E-state index contributed by atoms with van der Waals surface area (Å²) in [5, 5.41) is 17.4. The zero-order valence-corrected chi connectivity index (χ0v) is 40.0. The van der Waals surface area contributed by atoms with Gasteiger partial charge in [0.2, 0.25) is 5.91 Å². The van der Waals surface area contributed by atoms with E-state index in [9.17, 15) is 10.1 Å². The van der Waals surface area contributed by atoms with Crippen LogP contribution in [-0.4, -0.2) is 139 Å². The van der Waals surface area contributed by atoms with Crippen molar-refractivity contribution in [1.29, 1.82) is 5.26 Å². The minimum atomic E-state index is -0.198. The van der Waals surface area contributed by atoms with Crippen LogP contribution in [0.4, 0.5) is 0 Å². The molecule has 5 saturated heterocycles. The number of amides is 1. The maximum absolute atomic E-state index is 13.3. The molecule has 9 fully saturated rings. The van der Waals surface area contributed by atoms with Crippen LogP contribution < -0.4 is 32.3 Å². The Labute approximate surface area is 387 Å². The lowest BCUT2D eigenvalue weighted by molar-refractivity contribution is -0.143. The number of aliphatic imine (C=N–C) groups is 1. The quantitative estimate of drug-likeness (QED) is 0.172. The zero-order chi connectivity index (χ0) is 44.0. The predicted octanol–water partition coefficient (Wildman–Crippen LogP) is 4.50. The fourth-order valence-corrected chi connectivity index (χ4v) is 15.7. The molecule has 16 heteroatoms. The SMILES string of the molecule is COC1CC(OC2CCC(NC(=O)C3CCC(N4CCC5(CC4)CC(OC4CCC(C6=N[C@@H](CC7NCCO7)C7NNC(C)N7C7SC(C)C(C)C67)CC4)C5)NN3)CC2)CCC1C#N. The topological polar surface area (TPSA) is 169 Å². The number of hydrogen-bond acceptors (Lipinski definition) is 15. The molecule has 4 saturated carbocycles. The molecule has 0 radical (unpaired) electrons. The Morgan fingerprint density at radius 2 is 1.64 bits per heavy atom. The van der Waals surface area contributed by atoms with E-state index < -0.39 is 0 Å². The summed E-state index contributed by atoms with van der Waals surface area (Å²) in [6.07, 6.45) is 20.6. The molecule has 10 rings (SSSR count). The van der Waals surface area contributed by atoms with E-state index in [4.69, 9.17) is 23.9 Å². The van der Waals surface area contributed by atoms with Crippen molar-refractivity contribution in [1.82, 2.24) is 42.1 Å². The van der Waals surface area contributed by atoms with Gasteiger partial charge in [0.05, 0.1) is 79.0 Å². The summed E-state index contributed by atoms with van der Waals surface area (Å²) >= 11 is 2.17. The second kappa shape index (κ2) is 20.2. The number of fused-ring (bicyclic) bond motifs is 3. The minimum absolute atomic E-state index is 0.0281. The van der Waals surface area contributed by atoms with E-state index >= 15 is 0 Å². The van der Waals surface area contributed by atoms with Crippen LogP contribution in [0, 0.1) is 40.4 Å². The molecule has 0 aromatic heterocycles. The second-order valence-corrected chi connectivity index (χ2v) is 23.3. The van der Waals surface area contributed by atoms with E-state index in [2.05, 4.69) is 80.7 Å². The highest BCUT2D eigenvalue weighted by Gasteiger charge is 2.55. The Morgan fingerprint density at radius 3 is 2.33 bits per heavy atom. The van der Waals surface area contributed by atoms with Gasteiger partial charge in [-0.2, -0.15) is 5.26 Å². The van der Waals surface area contributed by atoms with Gasteiger partial charge in [-0.15, -0.1) is 11.8 Å². The number of carbonyl (C=O) groups is 1. The van der Waals surface area contributed by atoms with Crippen LogP contribution in [0.1, 0.15) is 136 Å². The molecule has 0 aromatic rings. The molecule has 0 aromatic carbocycles. The van der Waals surface area contributed by atoms with E-state index in [0.29, 0.717) is 46.0 Å². The second-order valence-electron chi connectivity index (χ2n) is 21.8. The van der Waals surface area contributed by atoms with Gasteiger partial charge in [-0.1, -0.05) is 13.8 Å². The van der Waals surface area contributed by atoms with Gasteiger partial charge >= 0.3 is 0 Å². The lowest BCUT2D eigenvalue weighted by atomic mass is 9.61. The number of rotatable bonds is 11. The number of carbonyl (C=O) groups excluding carboxylic acids is 1. The van der Waals surface area contributed by atoms with Crippen molar-refractivity contribution in [2.45, 2.75) is 220 Å². The first-order valence-corrected chi connectivity index (χ1v) is 26.8. The summed E-state index contributed by atoms with van der Waals surface area (Å²) in [6.45, 7) is 11.1. The number of likely N-dealkylation sites (tertiary alicyclic amines) is 1. The van der Waals surface area contributed by atoms with Gasteiger partial charge in [0.15, 0.2) is 0 Å². The first kappa shape index (κ1) is 46.3. The third-order valence-corrected chi connectivity index (χ3v) is 19.6. The molecule has 6 N–H and O–H groups in total. The van der Waals surface area contributed by atoms with E-state index in [1.165, 1.54) is 44.2 Å². The smallest absolute Gasteiger partial charge is 0.238 e. The van der Waals surface area contributed by atoms with Crippen LogP contribution in [0.5, 0.6) is 0 Å². The highest BCUT2D eigenvalue weighted by molar-refractivity contribution is 8.00. The first-order chi connectivity index (χ1) is 31.2. The summed E-state index contributed by atoms with van der Waals surface area (Å²) in [5.41, 5.74) is 16.1. The molecular formula is C48H80N10O5S. The number of piperidine rings is 1. The standard InChI is InChI=1S/C48H80N10O5S/c1-28-29(2)64-47-43(28)44(52-39(24-42-50-19-22-61-42)45-56-53-30(3)58(45)47)31-5-10-34(11-6-31)63-37-25-48(26-37)17-20-57(21-18-48)41-16-15-38(54-55-41)46(59)51-33-8-13-35(14-9-33)62-36-12-7-32(27-49)40(23-36)60-4/h28-43,45,47,50,53-56H,5-26H2,1-4H3,(H,51,59)/t28?,29?,30?,31?,32?,33?,34?,35?,36?,38?,39-,40?,41?,42?,43?,45?,47?/m0/s1. The number of nitriles is 1. The molecule has 0 bridgehead atoms. The number of nitrogens with zero attached hydrogens (tertiary/aromatic N) is 4. The number of hydrazine groups is 2. The van der Waals surface area contributed by atoms with Gasteiger partial charge in [0.25, 0.3) is 0 Å². The monoisotopic (exact) mass is 909 g/mol. The van der Waals surface area contributed by atoms with Crippen LogP contribution in [0.15, 0.2) is 4.99 Å². The highest BCUT2D eigenvalue weighted by atomic mass is 32.2. The number of thioether (sulfide) groups is 1. The molecule has 4 aliphatic carbocycles. The molecule has 6 heterocycles. The average molecular weight is 909 g/mol. The van der Waals surface area contributed by atoms with Crippen molar-refractivity contribution in [3.8, 4) is 6.07 Å². The summed E-state index contributed by atoms with van der Waals surface area (Å²) in [7, 11) is 1.70. The molecule has 358 valence electrons. The van der Waals surface area contributed by atoms with E-state index in [-0.39, 0.29) is 73.0 Å². The highest BCUT2D eigenvalue weighted by Crippen LogP contribution is 2.53. The lowest BCUT2D eigenvalue weighted by Gasteiger charge is -2.54. The maximum Gasteiger partial charge on any atom is 0.238 e. The molecule has 10 aliphatic rings. The van der Waals surface area contributed by atoms with E-state index in [1.807, 2.05) is 0 Å². The fourth-order valence-electron chi connectivity index (χ4n) is 13.8. The predicted molar refractivity (Wildman–Crippen MR) is 247 cm³/mol. The van der Waals surface area contributed by atoms with Crippen LogP contribution in [-0.2, 0) is 23.7 Å². The summed E-state index contributed by atoms with van der Waals surface area (Å²) in [6, 6.07) is 2.55. The maximum atomic E-state index is 13.3. The minimum Gasteiger partial charge on any atom is -0.380 e. The number of hydrogen-bond donors (Lipinski definition) is 6. The van der Waals surface area contributed by atoms with Crippen molar-refractivity contribution >= 4 is 23.4 Å². The fraction of sp³-hybridized carbons (Fsp3) is 0.938. The van der Waals surface area contributed by atoms with Crippen LogP contribution in [0.25, 0.3) is 0 Å². The van der Waals surface area contributed by atoms with E-state index in [1.54, 1.807) is 7.11 Å². The van der Waals surface area contributed by atoms with Crippen LogP contribution >= 0.6 is 11.8 Å². The molecule has 15 nitrogen and oxygen atoms in total. The first-order valence-electron chi connectivity index (χ1n) is 25.8. The van der Waals surface area contributed by atoms with Crippen molar-refractivity contribution in [3.05, 3.63) is 0 Å². The summed E-state index contributed by atoms with van der Waals surface area (Å²) in [5.74, 6) is 1.71. The normalized spacial score (nSPS) is 45.5. The molecule has 1 spiro atoms. The third-order valence-electron chi connectivity index (χ3n) is 17.9. The largest absolute Gasteiger partial charge is 0.380 e. The number of methoxy groups -OCH3 is 1. The van der Waals surface area contributed by atoms with Gasteiger partial charge < -0.3 is 24.3 Å². The van der Waals surface area contributed by atoms with Crippen molar-refractivity contribution in [2.75, 3.05) is 33.4 Å². The molecule has 6 aliphatic heterocycles. The average Bonchev–Trinajstić information content (AvgIpc) is 4.02. The van der Waals surface area contributed by atoms with Crippen LogP contribution in [0.3, 0.4) is 0 Å².